The molecule has 0 radical (unpaired) electrons. The Morgan fingerprint density at radius 1 is 1.28 bits per heavy atom. The molecule has 2 aromatic heterocycles. The van der Waals surface area contributed by atoms with Gasteiger partial charge in [0.25, 0.3) is 5.91 Å². The van der Waals surface area contributed by atoms with Gasteiger partial charge in [-0.05, 0) is 11.4 Å². The highest BCUT2D eigenvalue weighted by Gasteiger charge is 2.30. The van der Waals surface area contributed by atoms with Crippen LogP contribution in [0.4, 0.5) is 10.7 Å². The summed E-state index contributed by atoms with van der Waals surface area (Å²) in [5.74, 6) is -0.0489. The molecule has 0 aliphatic carbocycles. The summed E-state index contributed by atoms with van der Waals surface area (Å²) in [7, 11) is -3.51. The predicted octanol–water partition coefficient (Wildman–Crippen LogP) is 2.08. The van der Waals surface area contributed by atoms with E-state index in [2.05, 4.69) is 0 Å². The van der Waals surface area contributed by atoms with Gasteiger partial charge in [-0.15, -0.1) is 11.3 Å². The number of rotatable bonds is 4. The predicted molar refractivity (Wildman–Crippen MR) is 96.5 cm³/mol. The molecule has 3 rings (SSSR count). The van der Waals surface area contributed by atoms with Crippen molar-refractivity contribution in [2.45, 2.75) is 4.21 Å². The second-order valence-electron chi connectivity index (χ2n) is 5.54. The fourth-order valence-electron chi connectivity index (χ4n) is 2.56. The molecule has 0 atom stereocenters. The third kappa shape index (κ3) is 3.67. The molecule has 1 aliphatic heterocycles. The maximum absolute atomic E-state index is 12.3. The van der Waals surface area contributed by atoms with Crippen molar-refractivity contribution in [1.29, 1.82) is 0 Å². The van der Waals surface area contributed by atoms with Gasteiger partial charge in [0.2, 0.25) is 0 Å². The number of amides is 1. The van der Waals surface area contributed by atoms with Crippen molar-refractivity contribution in [2.75, 3.05) is 37.3 Å². The Kier molecular flexibility index (Phi) is 4.80. The molecule has 2 aromatic rings. The molecular weight excluding hydrogens is 386 g/mol. The molecule has 0 spiro atoms. The van der Waals surface area contributed by atoms with E-state index >= 15 is 0 Å². The van der Waals surface area contributed by atoms with Gasteiger partial charge in [-0.3, -0.25) is 14.9 Å². The summed E-state index contributed by atoms with van der Waals surface area (Å²) < 4.78 is 23.4. The quantitative estimate of drug-likeness (QED) is 0.574. The second-order valence-corrected chi connectivity index (χ2v) is 9.76. The Labute approximate surface area is 152 Å². The highest BCUT2D eigenvalue weighted by molar-refractivity contribution is 7.92. The summed E-state index contributed by atoms with van der Waals surface area (Å²) in [5.41, 5.74) is -0.205. The van der Waals surface area contributed by atoms with Crippen molar-refractivity contribution in [2.24, 2.45) is 0 Å². The number of anilines is 1. The fraction of sp³-hybridized carbons (Fsp3) is 0.357. The molecular formula is C14H15N3O5S3. The molecule has 3 heterocycles. The zero-order valence-electron chi connectivity index (χ0n) is 13.2. The number of carbonyl (C=O) groups excluding carboxylic acids is 1. The molecule has 1 amide bonds. The number of carbonyl (C=O) groups is 1. The lowest BCUT2D eigenvalue weighted by atomic mass is 10.3. The molecule has 8 nitrogen and oxygen atoms in total. The minimum absolute atomic E-state index is 0.0220. The average molecular weight is 401 g/mol. The van der Waals surface area contributed by atoms with E-state index in [1.54, 1.807) is 15.9 Å². The van der Waals surface area contributed by atoms with E-state index in [0.29, 0.717) is 36.1 Å². The van der Waals surface area contributed by atoms with Crippen LogP contribution in [0.1, 0.15) is 9.67 Å². The molecule has 1 fully saturated rings. The zero-order chi connectivity index (χ0) is 18.2. The summed E-state index contributed by atoms with van der Waals surface area (Å²) >= 11 is 2.28. The number of hydrogen-bond donors (Lipinski definition) is 0. The Morgan fingerprint density at radius 2 is 1.96 bits per heavy atom. The first kappa shape index (κ1) is 17.8. The second kappa shape index (κ2) is 6.73. The van der Waals surface area contributed by atoms with Crippen LogP contribution in [0.5, 0.6) is 0 Å². The molecule has 1 saturated heterocycles. The highest BCUT2D eigenvalue weighted by Crippen LogP contribution is 2.40. The highest BCUT2D eigenvalue weighted by atomic mass is 32.2. The number of nitro groups is 1. The van der Waals surface area contributed by atoms with E-state index in [4.69, 9.17) is 0 Å². The SMILES string of the molecule is CS(=O)(=O)c1cc([N+](=O)[O-])c(N2CCN(C(=O)c3cccs3)CC2)s1. The standard InChI is InChI=1S/C14H15N3O5S3/c1-25(21,22)12-9-10(17(19)20)14(24-12)16-6-4-15(5-7-16)13(18)11-3-2-8-23-11/h2-3,8-9H,4-7H2,1H3. The smallest absolute Gasteiger partial charge is 0.305 e. The van der Waals surface area contributed by atoms with Crippen LogP contribution < -0.4 is 4.90 Å². The van der Waals surface area contributed by atoms with E-state index in [1.807, 2.05) is 11.4 Å². The third-order valence-corrected chi connectivity index (χ3v) is 7.66. The molecule has 0 unspecified atom stereocenters. The summed E-state index contributed by atoms with van der Waals surface area (Å²) in [6, 6.07) is 4.69. The van der Waals surface area contributed by atoms with Crippen molar-refractivity contribution >= 4 is 49.1 Å². The van der Waals surface area contributed by atoms with E-state index in [1.165, 1.54) is 11.3 Å². The summed E-state index contributed by atoms with van der Waals surface area (Å²) in [6.07, 6.45) is 1.03. The first-order valence-corrected chi connectivity index (χ1v) is 10.9. The fourth-order valence-corrected chi connectivity index (χ4v) is 5.33. The minimum atomic E-state index is -3.51. The maximum Gasteiger partial charge on any atom is 0.305 e. The summed E-state index contributed by atoms with van der Waals surface area (Å²) in [6.45, 7) is 1.70. The third-order valence-electron chi connectivity index (χ3n) is 3.82. The average Bonchev–Trinajstić information content (AvgIpc) is 3.23. The topological polar surface area (TPSA) is 101 Å². The van der Waals surface area contributed by atoms with Crippen molar-refractivity contribution in [1.82, 2.24) is 4.90 Å². The molecule has 0 bridgehead atoms. The van der Waals surface area contributed by atoms with Crippen LogP contribution in [0, 0.1) is 10.1 Å². The minimum Gasteiger partial charge on any atom is -0.354 e. The van der Waals surface area contributed by atoms with Crippen molar-refractivity contribution in [3.05, 3.63) is 38.6 Å². The first-order valence-electron chi connectivity index (χ1n) is 7.33. The van der Waals surface area contributed by atoms with E-state index in [9.17, 15) is 23.3 Å². The van der Waals surface area contributed by atoms with Crippen molar-refractivity contribution in [3.63, 3.8) is 0 Å². The van der Waals surface area contributed by atoms with E-state index in [0.717, 1.165) is 23.7 Å². The van der Waals surface area contributed by atoms with Gasteiger partial charge in [0.1, 0.15) is 4.21 Å². The largest absolute Gasteiger partial charge is 0.354 e. The van der Waals surface area contributed by atoms with Crippen LogP contribution in [-0.4, -0.2) is 56.6 Å². The molecule has 134 valence electrons. The molecule has 25 heavy (non-hydrogen) atoms. The first-order chi connectivity index (χ1) is 11.8. The van der Waals surface area contributed by atoms with Gasteiger partial charge in [-0.2, -0.15) is 0 Å². The monoisotopic (exact) mass is 401 g/mol. The van der Waals surface area contributed by atoms with Gasteiger partial charge < -0.3 is 9.80 Å². The van der Waals surface area contributed by atoms with E-state index < -0.39 is 14.8 Å². The number of nitrogens with zero attached hydrogens (tertiary/aromatic N) is 3. The number of piperazine rings is 1. The van der Waals surface area contributed by atoms with Gasteiger partial charge in [-0.1, -0.05) is 17.4 Å². The normalized spacial score (nSPS) is 15.4. The van der Waals surface area contributed by atoms with Crippen molar-refractivity contribution < 1.29 is 18.1 Å². The van der Waals surface area contributed by atoms with Gasteiger partial charge in [0, 0.05) is 38.5 Å². The molecule has 0 saturated carbocycles. The summed E-state index contributed by atoms with van der Waals surface area (Å²) in [5, 5.41) is 13.4. The van der Waals surface area contributed by atoms with Crippen LogP contribution in [0.3, 0.4) is 0 Å². The Hall–Kier alpha value is -1.98. The van der Waals surface area contributed by atoms with Gasteiger partial charge in [0.15, 0.2) is 14.8 Å². The number of hydrogen-bond acceptors (Lipinski definition) is 8. The number of thiophene rings is 2. The Morgan fingerprint density at radius 3 is 2.48 bits per heavy atom. The van der Waals surface area contributed by atoms with Crippen LogP contribution in [0.15, 0.2) is 27.8 Å². The van der Waals surface area contributed by atoms with Crippen molar-refractivity contribution in [3.8, 4) is 0 Å². The van der Waals surface area contributed by atoms with Crippen LogP contribution in [-0.2, 0) is 9.84 Å². The van der Waals surface area contributed by atoms with E-state index in [-0.39, 0.29) is 15.8 Å². The summed E-state index contributed by atoms with van der Waals surface area (Å²) in [4.78, 5) is 27.2. The lowest BCUT2D eigenvalue weighted by Gasteiger charge is -2.34. The van der Waals surface area contributed by atoms with Crippen LogP contribution in [0.2, 0.25) is 0 Å². The van der Waals surface area contributed by atoms with Gasteiger partial charge in [0.05, 0.1) is 9.80 Å². The van der Waals surface area contributed by atoms with Crippen LogP contribution >= 0.6 is 22.7 Å². The zero-order valence-corrected chi connectivity index (χ0v) is 15.7. The number of sulfone groups is 1. The lowest BCUT2D eigenvalue weighted by molar-refractivity contribution is -0.383. The molecule has 0 aromatic carbocycles. The van der Waals surface area contributed by atoms with Gasteiger partial charge >= 0.3 is 5.69 Å². The van der Waals surface area contributed by atoms with Gasteiger partial charge in [-0.25, -0.2) is 8.42 Å². The Balaban J connectivity index is 1.78. The lowest BCUT2D eigenvalue weighted by Crippen LogP contribution is -2.48. The molecule has 11 heteroatoms. The Bertz CT molecular complexity index is 896. The maximum atomic E-state index is 12.3. The molecule has 1 aliphatic rings. The molecule has 0 N–H and O–H groups in total. The van der Waals surface area contributed by atoms with Crippen LogP contribution in [0.25, 0.3) is 0 Å².